The van der Waals surface area contributed by atoms with Crippen LogP contribution in [0.3, 0.4) is 0 Å². The zero-order valence-electron chi connectivity index (χ0n) is 12.9. The van der Waals surface area contributed by atoms with Gasteiger partial charge in [0.25, 0.3) is 0 Å². The van der Waals surface area contributed by atoms with Crippen LogP contribution in [0.25, 0.3) is 0 Å². The van der Waals surface area contributed by atoms with Crippen LogP contribution in [0.2, 0.25) is 0 Å². The minimum atomic E-state index is -0.0418. The fourth-order valence-corrected chi connectivity index (χ4v) is 2.34. The highest BCUT2D eigenvalue weighted by Gasteiger charge is 2.21. The van der Waals surface area contributed by atoms with Gasteiger partial charge in [0.05, 0.1) is 6.04 Å². The van der Waals surface area contributed by atoms with Gasteiger partial charge >= 0.3 is 0 Å². The summed E-state index contributed by atoms with van der Waals surface area (Å²) in [5, 5.41) is 0. The zero-order valence-corrected chi connectivity index (χ0v) is 12.9. The van der Waals surface area contributed by atoms with Crippen molar-refractivity contribution < 1.29 is 4.79 Å². The Kier molecular flexibility index (Phi) is 6.23. The van der Waals surface area contributed by atoms with E-state index in [2.05, 4.69) is 44.7 Å². The molecular formula is C17H27NO. The molecule has 0 N–H and O–H groups in total. The highest BCUT2D eigenvalue weighted by Crippen LogP contribution is 2.12. The first kappa shape index (κ1) is 15.9. The quantitative estimate of drug-likeness (QED) is 0.696. The average molecular weight is 261 g/mol. The molecule has 0 heterocycles. The van der Waals surface area contributed by atoms with Crippen molar-refractivity contribution in [3.63, 3.8) is 0 Å². The van der Waals surface area contributed by atoms with E-state index in [0.29, 0.717) is 5.92 Å². The van der Waals surface area contributed by atoms with E-state index in [1.165, 1.54) is 5.56 Å². The van der Waals surface area contributed by atoms with E-state index < -0.39 is 0 Å². The third-order valence-electron chi connectivity index (χ3n) is 3.58. The number of carbonyl (C=O) groups is 1. The van der Waals surface area contributed by atoms with Crippen LogP contribution in [-0.2, 0) is 6.42 Å². The van der Waals surface area contributed by atoms with Crippen molar-refractivity contribution in [3.8, 4) is 0 Å². The fourth-order valence-electron chi connectivity index (χ4n) is 2.34. The summed E-state index contributed by atoms with van der Waals surface area (Å²) in [5.74, 6) is 0.808. The molecule has 1 unspecified atom stereocenters. The lowest BCUT2D eigenvalue weighted by molar-refractivity contribution is 0.0829. The van der Waals surface area contributed by atoms with Crippen molar-refractivity contribution in [1.82, 2.24) is 4.90 Å². The number of Topliss-reactive ketones (excluding diaryl/α,β-unsaturated/α-hetero) is 1. The smallest absolute Gasteiger partial charge is 0.179 e. The Labute approximate surface area is 117 Å². The van der Waals surface area contributed by atoms with Gasteiger partial charge in [0, 0.05) is 12.1 Å². The van der Waals surface area contributed by atoms with Crippen LogP contribution >= 0.6 is 0 Å². The fraction of sp³-hybridized carbons (Fsp3) is 0.588. The Balaban J connectivity index is 2.79. The highest BCUT2D eigenvalue weighted by molar-refractivity contribution is 5.99. The van der Waals surface area contributed by atoms with E-state index in [1.54, 1.807) is 0 Å². The van der Waals surface area contributed by atoms with Gasteiger partial charge in [0.2, 0.25) is 0 Å². The summed E-state index contributed by atoms with van der Waals surface area (Å²) in [7, 11) is 0. The van der Waals surface area contributed by atoms with E-state index in [0.717, 1.165) is 25.1 Å². The molecule has 0 aliphatic carbocycles. The van der Waals surface area contributed by atoms with Crippen LogP contribution in [0.5, 0.6) is 0 Å². The number of aryl methyl sites for hydroxylation is 1. The normalized spacial score (nSPS) is 13.0. The van der Waals surface area contributed by atoms with Crippen LogP contribution in [0.4, 0.5) is 0 Å². The van der Waals surface area contributed by atoms with Crippen LogP contribution in [0.1, 0.15) is 50.5 Å². The molecule has 0 spiro atoms. The molecule has 0 bridgehead atoms. The van der Waals surface area contributed by atoms with E-state index in [-0.39, 0.29) is 11.8 Å². The van der Waals surface area contributed by atoms with Gasteiger partial charge in [-0.15, -0.1) is 0 Å². The molecule has 1 aromatic carbocycles. The number of hydrogen-bond acceptors (Lipinski definition) is 2. The Morgan fingerprint density at radius 1 is 1.11 bits per heavy atom. The standard InChI is InChI=1S/C17H27NO/c1-6-15-8-10-16(11-9-15)17(19)14(5)18(7-2)12-13(3)4/h8-11,13-14H,6-7,12H2,1-5H3. The summed E-state index contributed by atoms with van der Waals surface area (Å²) in [4.78, 5) is 14.7. The summed E-state index contributed by atoms with van der Waals surface area (Å²) in [6, 6.07) is 7.99. The number of likely N-dealkylation sites (N-methyl/N-ethyl adjacent to an activating group) is 1. The zero-order chi connectivity index (χ0) is 14.4. The van der Waals surface area contributed by atoms with Crippen LogP contribution < -0.4 is 0 Å². The monoisotopic (exact) mass is 261 g/mol. The average Bonchev–Trinajstić information content (AvgIpc) is 2.43. The molecule has 0 aliphatic heterocycles. The van der Waals surface area contributed by atoms with E-state index in [9.17, 15) is 4.79 Å². The number of nitrogens with zero attached hydrogens (tertiary/aromatic N) is 1. The molecule has 0 radical (unpaired) electrons. The summed E-state index contributed by atoms with van der Waals surface area (Å²) in [6.07, 6.45) is 1.01. The minimum Gasteiger partial charge on any atom is -0.294 e. The first-order valence-electron chi connectivity index (χ1n) is 7.36. The van der Waals surface area contributed by atoms with Crippen LogP contribution in [0.15, 0.2) is 24.3 Å². The second kappa shape index (κ2) is 7.44. The Bertz CT molecular complexity index is 394. The SMILES string of the molecule is CCc1ccc(C(=O)C(C)N(CC)CC(C)C)cc1. The van der Waals surface area contributed by atoms with Gasteiger partial charge in [-0.1, -0.05) is 52.0 Å². The predicted octanol–water partition coefficient (Wildman–Crippen LogP) is 3.80. The molecule has 19 heavy (non-hydrogen) atoms. The van der Waals surface area contributed by atoms with Crippen molar-refractivity contribution in [3.05, 3.63) is 35.4 Å². The van der Waals surface area contributed by atoms with Gasteiger partial charge in [0.1, 0.15) is 0 Å². The van der Waals surface area contributed by atoms with Gasteiger partial charge in [-0.25, -0.2) is 0 Å². The molecule has 0 amide bonds. The molecule has 2 heteroatoms. The molecule has 0 saturated heterocycles. The second-order valence-corrected chi connectivity index (χ2v) is 5.57. The van der Waals surface area contributed by atoms with Crippen molar-refractivity contribution >= 4 is 5.78 Å². The van der Waals surface area contributed by atoms with Gasteiger partial charge in [-0.3, -0.25) is 9.69 Å². The molecule has 0 saturated carbocycles. The van der Waals surface area contributed by atoms with Crippen molar-refractivity contribution in [2.75, 3.05) is 13.1 Å². The van der Waals surface area contributed by atoms with Gasteiger partial charge in [-0.05, 0) is 31.4 Å². The summed E-state index contributed by atoms with van der Waals surface area (Å²) >= 11 is 0. The molecule has 0 aromatic heterocycles. The highest BCUT2D eigenvalue weighted by atomic mass is 16.1. The van der Waals surface area contributed by atoms with Gasteiger partial charge in [-0.2, -0.15) is 0 Å². The maximum atomic E-state index is 12.5. The molecule has 1 atom stereocenters. The first-order valence-corrected chi connectivity index (χ1v) is 7.36. The van der Waals surface area contributed by atoms with Crippen molar-refractivity contribution in [2.24, 2.45) is 5.92 Å². The lowest BCUT2D eigenvalue weighted by atomic mass is 10.0. The third kappa shape index (κ3) is 4.46. The summed E-state index contributed by atoms with van der Waals surface area (Å²) in [6.45, 7) is 12.5. The summed E-state index contributed by atoms with van der Waals surface area (Å²) in [5.41, 5.74) is 2.10. The molecule has 106 valence electrons. The van der Waals surface area contributed by atoms with Crippen molar-refractivity contribution in [2.45, 2.75) is 47.1 Å². The number of ketones is 1. The first-order chi connectivity index (χ1) is 8.99. The third-order valence-corrected chi connectivity index (χ3v) is 3.58. The van der Waals surface area contributed by atoms with Gasteiger partial charge < -0.3 is 0 Å². The molecule has 1 rings (SSSR count). The second-order valence-electron chi connectivity index (χ2n) is 5.57. The lowest BCUT2D eigenvalue weighted by Crippen LogP contribution is -2.41. The lowest BCUT2D eigenvalue weighted by Gasteiger charge is -2.28. The van der Waals surface area contributed by atoms with E-state index in [4.69, 9.17) is 0 Å². The molecule has 1 aromatic rings. The van der Waals surface area contributed by atoms with Gasteiger partial charge in [0.15, 0.2) is 5.78 Å². The van der Waals surface area contributed by atoms with E-state index in [1.807, 2.05) is 19.1 Å². The Morgan fingerprint density at radius 2 is 1.68 bits per heavy atom. The molecule has 0 aliphatic rings. The number of carbonyl (C=O) groups excluding carboxylic acids is 1. The van der Waals surface area contributed by atoms with E-state index >= 15 is 0 Å². The van der Waals surface area contributed by atoms with Crippen LogP contribution in [-0.4, -0.2) is 29.8 Å². The minimum absolute atomic E-state index is 0.0418. The van der Waals surface area contributed by atoms with Crippen molar-refractivity contribution in [1.29, 1.82) is 0 Å². The van der Waals surface area contributed by atoms with Crippen LogP contribution in [0, 0.1) is 5.92 Å². The maximum absolute atomic E-state index is 12.5. The molecular weight excluding hydrogens is 234 g/mol. The number of hydrogen-bond donors (Lipinski definition) is 0. The molecule has 2 nitrogen and oxygen atoms in total. The topological polar surface area (TPSA) is 20.3 Å². The largest absolute Gasteiger partial charge is 0.294 e. The predicted molar refractivity (Wildman–Crippen MR) is 81.7 cm³/mol. The number of rotatable bonds is 7. The molecule has 0 fully saturated rings. The Hall–Kier alpha value is -1.15. The summed E-state index contributed by atoms with van der Waals surface area (Å²) < 4.78 is 0. The maximum Gasteiger partial charge on any atom is 0.179 e. The number of benzene rings is 1. The Morgan fingerprint density at radius 3 is 2.11 bits per heavy atom.